The van der Waals surface area contributed by atoms with Crippen LogP contribution in [0.25, 0.3) is 11.1 Å². The van der Waals surface area contributed by atoms with Crippen LogP contribution in [0.5, 0.6) is 5.75 Å². The zero-order valence-corrected chi connectivity index (χ0v) is 38.0. The molecule has 2 aliphatic heterocycles. The van der Waals surface area contributed by atoms with E-state index in [4.69, 9.17) is 40.4 Å². The van der Waals surface area contributed by atoms with Crippen LogP contribution >= 0.6 is 11.6 Å². The highest BCUT2D eigenvalue weighted by atomic mass is 35.5. The van der Waals surface area contributed by atoms with Crippen molar-refractivity contribution in [1.29, 1.82) is 0 Å². The normalized spacial score (nSPS) is 21.0. The number of carboxylic acid groups (broad SMARTS) is 1. The summed E-state index contributed by atoms with van der Waals surface area (Å²) < 4.78 is 27.7. The lowest BCUT2D eigenvalue weighted by Crippen LogP contribution is -2.51. The summed E-state index contributed by atoms with van der Waals surface area (Å²) in [5.41, 5.74) is 6.46. The number of rotatable bonds is 16. The number of benzene rings is 3. The van der Waals surface area contributed by atoms with Crippen molar-refractivity contribution < 1.29 is 48.0 Å². The number of ether oxygens (including phenoxy) is 5. The maximum atomic E-state index is 12.2. The zero-order valence-electron chi connectivity index (χ0n) is 37.2. The van der Waals surface area contributed by atoms with Crippen LogP contribution in [0, 0.1) is 0 Å². The first kappa shape index (κ1) is 49.3. The lowest BCUT2D eigenvalue weighted by atomic mass is 9.93. The first-order chi connectivity index (χ1) is 29.7. The molecule has 0 bridgehead atoms. The number of alkyl carbamates (subject to hydrolysis) is 1. The van der Waals surface area contributed by atoms with E-state index >= 15 is 0 Å². The van der Waals surface area contributed by atoms with Gasteiger partial charge in [-0.2, -0.15) is 0 Å². The molecule has 13 nitrogen and oxygen atoms in total. The molecule has 4 unspecified atom stereocenters. The number of carboxylic acids is 1. The van der Waals surface area contributed by atoms with Crippen LogP contribution in [-0.4, -0.2) is 105 Å². The topological polar surface area (TPSA) is 165 Å². The second kappa shape index (κ2) is 23.2. The van der Waals surface area contributed by atoms with E-state index in [0.717, 1.165) is 44.7 Å². The van der Waals surface area contributed by atoms with E-state index in [1.165, 1.54) is 14.0 Å². The van der Waals surface area contributed by atoms with Gasteiger partial charge >= 0.3 is 18.2 Å². The van der Waals surface area contributed by atoms with Crippen LogP contribution < -0.4 is 15.4 Å². The van der Waals surface area contributed by atoms with E-state index in [9.17, 15) is 19.2 Å². The lowest BCUT2D eigenvalue weighted by molar-refractivity contribution is -0.141. The Morgan fingerprint density at radius 1 is 1.06 bits per heavy atom. The van der Waals surface area contributed by atoms with Crippen LogP contribution in [0.4, 0.5) is 9.59 Å². The smallest absolute Gasteiger partial charge is 0.410 e. The average Bonchev–Trinajstić information content (AvgIpc) is 3.80. The highest BCUT2D eigenvalue weighted by Gasteiger charge is 2.53. The third-order valence-corrected chi connectivity index (χ3v) is 11.7. The van der Waals surface area contributed by atoms with Gasteiger partial charge in [-0.1, -0.05) is 104 Å². The predicted octanol–water partition coefficient (Wildman–Crippen LogP) is 8.72. The van der Waals surface area contributed by atoms with Gasteiger partial charge in [0.2, 0.25) is 5.91 Å². The van der Waals surface area contributed by atoms with Gasteiger partial charge < -0.3 is 39.4 Å². The number of halogens is 1. The Balaban J connectivity index is 0.000000281. The molecular formula is C48H62ClN3O10. The summed E-state index contributed by atoms with van der Waals surface area (Å²) in [6, 6.07) is 20.7. The Kier molecular flexibility index (Phi) is 18.4. The molecule has 14 heteroatoms. The number of allylic oxidation sites excluding steroid dienone is 3. The van der Waals surface area contributed by atoms with Crippen molar-refractivity contribution in [3.05, 3.63) is 112 Å². The Morgan fingerprint density at radius 3 is 2.31 bits per heavy atom. The van der Waals surface area contributed by atoms with Crippen molar-refractivity contribution in [3.63, 3.8) is 0 Å². The molecule has 3 N–H and O–H groups in total. The number of nitrogens with one attached hydrogen (secondary N) is 2. The Hall–Kier alpha value is -5.37. The highest BCUT2D eigenvalue weighted by Crippen LogP contribution is 2.45. The van der Waals surface area contributed by atoms with E-state index in [1.807, 2.05) is 93.6 Å². The largest absolute Gasteiger partial charge is 0.495 e. The first-order valence-corrected chi connectivity index (χ1v) is 21.4. The number of hydrogen-bond donors (Lipinski definition) is 3. The maximum Gasteiger partial charge on any atom is 0.410 e. The summed E-state index contributed by atoms with van der Waals surface area (Å²) >= 11 is 6.11. The van der Waals surface area contributed by atoms with E-state index in [1.54, 1.807) is 21.3 Å². The Labute approximate surface area is 370 Å². The molecular weight excluding hydrogens is 814 g/mol. The minimum absolute atomic E-state index is 0.00858. The number of likely N-dealkylation sites (N-methyl/N-ethyl adjacent to an activating group) is 1. The van der Waals surface area contributed by atoms with Crippen LogP contribution in [-0.2, 0) is 35.0 Å². The van der Waals surface area contributed by atoms with Gasteiger partial charge in [-0.25, -0.2) is 14.4 Å². The summed E-state index contributed by atoms with van der Waals surface area (Å²) in [4.78, 5) is 48.0. The van der Waals surface area contributed by atoms with Crippen molar-refractivity contribution in [3.8, 4) is 16.9 Å². The standard InChI is InChI=1S/C27H37ClN2O6.C19H19NO4.C2H6/c1-17(13-18-9-10-20(28)23(14-18)34-5)7-6-8-22(33-4)21-15-19(35-26(32)30-21)16-24-27(2,36-24)12-11-25(31)29-3;1-12(18(21)22)20(2)19(23)24-11-17-15-9-5-3-7-13(15)14-8-4-6-10-16(14)17;1-2/h6-10,14,19,21-22,24H,11-13,15-16H2,1-5H3,(H,29,31)(H,30,32);3-10,12,17H,11H2,1-2H3,(H,21,22);1-2H3/b8-6+,17-7+;;/t19?,21?,22-,24?,27?;12-;/m11./s1. The Morgan fingerprint density at radius 2 is 1.71 bits per heavy atom. The highest BCUT2D eigenvalue weighted by molar-refractivity contribution is 6.32. The molecule has 0 saturated carbocycles. The van der Waals surface area contributed by atoms with Gasteiger partial charge in [0.05, 0.1) is 36.0 Å². The van der Waals surface area contributed by atoms with Crippen molar-refractivity contribution in [2.75, 3.05) is 34.9 Å². The summed E-state index contributed by atoms with van der Waals surface area (Å²) in [5.74, 6) is -0.447. The molecule has 6 rings (SSSR count). The fourth-order valence-electron chi connectivity index (χ4n) is 7.54. The fourth-order valence-corrected chi connectivity index (χ4v) is 7.74. The van der Waals surface area contributed by atoms with Crippen molar-refractivity contribution in [2.24, 2.45) is 0 Å². The second-order valence-corrected chi connectivity index (χ2v) is 15.9. The number of hydrogen-bond acceptors (Lipinski definition) is 9. The third kappa shape index (κ3) is 13.1. The predicted molar refractivity (Wildman–Crippen MR) is 240 cm³/mol. The van der Waals surface area contributed by atoms with Gasteiger partial charge in [-0.15, -0.1) is 0 Å². The van der Waals surface area contributed by atoms with Crippen molar-refractivity contribution in [1.82, 2.24) is 15.5 Å². The van der Waals surface area contributed by atoms with E-state index in [2.05, 4.69) is 29.7 Å². The van der Waals surface area contributed by atoms with Gasteiger partial charge in [-0.3, -0.25) is 9.69 Å². The van der Waals surface area contributed by atoms with Gasteiger partial charge in [0.15, 0.2) is 0 Å². The molecule has 3 aromatic rings. The molecule has 0 spiro atoms. The molecule has 2 fully saturated rings. The lowest BCUT2D eigenvalue weighted by Gasteiger charge is -2.33. The SMILES string of the molecule is CC.CNC(=O)CCC1(C)OC1CC1CC([C@@H](/C=C/C=C(\C)Cc2ccc(Cl)c(OC)c2)OC)NC(=O)O1.C[C@H](C(=O)O)N(C)C(=O)OCC1c2ccccc2-c2ccccc21. The molecule has 0 aromatic heterocycles. The Bertz CT molecular complexity index is 2030. The zero-order chi connectivity index (χ0) is 45.6. The molecule has 336 valence electrons. The van der Waals surface area contributed by atoms with Crippen molar-refractivity contribution in [2.45, 2.75) is 109 Å². The van der Waals surface area contributed by atoms with E-state index < -0.39 is 24.2 Å². The molecule has 3 aliphatic rings. The maximum absolute atomic E-state index is 12.2. The van der Waals surface area contributed by atoms with E-state index in [-0.39, 0.29) is 48.4 Å². The first-order valence-electron chi connectivity index (χ1n) is 21.0. The molecule has 6 atom stereocenters. The molecule has 2 heterocycles. The molecule has 62 heavy (non-hydrogen) atoms. The molecule has 3 amide bonds. The van der Waals surface area contributed by atoms with Crippen LogP contribution in [0.2, 0.25) is 5.02 Å². The van der Waals surface area contributed by atoms with Gasteiger partial charge in [0.25, 0.3) is 0 Å². The summed E-state index contributed by atoms with van der Waals surface area (Å²) in [6.07, 6.45) is 7.22. The number of cyclic esters (lactones) is 1. The molecule has 1 aliphatic carbocycles. The number of fused-ring (bicyclic) bond motifs is 3. The van der Waals surface area contributed by atoms with Crippen LogP contribution in [0.1, 0.15) is 82.9 Å². The number of epoxide rings is 1. The van der Waals surface area contributed by atoms with Crippen LogP contribution in [0.3, 0.4) is 0 Å². The average molecular weight is 876 g/mol. The second-order valence-electron chi connectivity index (χ2n) is 15.5. The van der Waals surface area contributed by atoms with Gasteiger partial charge in [-0.05, 0) is 73.6 Å². The molecule has 0 radical (unpaired) electrons. The van der Waals surface area contributed by atoms with Crippen LogP contribution in [0.15, 0.2) is 90.5 Å². The van der Waals surface area contributed by atoms with Crippen molar-refractivity contribution >= 4 is 35.7 Å². The number of nitrogens with zero attached hydrogens (tertiary/aromatic N) is 1. The summed E-state index contributed by atoms with van der Waals surface area (Å²) in [7, 11) is 6.28. The number of methoxy groups -OCH3 is 2. The number of carbonyl (C=O) groups is 4. The summed E-state index contributed by atoms with van der Waals surface area (Å²) in [5, 5.41) is 15.1. The minimum atomic E-state index is -1.06. The quantitative estimate of drug-likeness (QED) is 0.0937. The van der Waals surface area contributed by atoms with Gasteiger partial charge in [0, 0.05) is 46.4 Å². The molecule has 2 saturated heterocycles. The van der Waals surface area contributed by atoms with Gasteiger partial charge in [0.1, 0.15) is 24.5 Å². The number of aliphatic carboxylic acids is 1. The molecule has 3 aromatic carbocycles. The fraction of sp³-hybridized carbons (Fsp3) is 0.458. The minimum Gasteiger partial charge on any atom is -0.495 e. The monoisotopic (exact) mass is 875 g/mol. The number of amides is 3. The third-order valence-electron chi connectivity index (χ3n) is 11.3. The number of carbonyl (C=O) groups excluding carboxylic acids is 3. The van der Waals surface area contributed by atoms with E-state index in [0.29, 0.717) is 36.5 Å². The summed E-state index contributed by atoms with van der Waals surface area (Å²) in [6.45, 7) is 9.68.